The molecule has 4 heavy (non-hydrogen) atoms. The van der Waals surface area contributed by atoms with Crippen LogP contribution in [-0.2, 0) is 52.8 Å². The van der Waals surface area contributed by atoms with Crippen LogP contribution in [0.4, 0.5) is 0 Å². The monoisotopic (exact) mass is 136 g/mol. The Morgan fingerprint density at radius 3 is 0.750 bits per heavy atom. The molecule has 0 nitrogen and oxygen atoms in total. The van der Waals surface area contributed by atoms with E-state index in [1.807, 2.05) is 0 Å². The van der Waals surface area contributed by atoms with Crippen molar-refractivity contribution in [1.82, 2.24) is 0 Å². The Balaban J connectivity index is 0. The van der Waals surface area contributed by atoms with Crippen LogP contribution in [0.1, 0.15) is 0 Å². The molecule has 0 amide bonds. The van der Waals surface area contributed by atoms with E-state index in [-0.39, 0.29) is 70.2 Å². The maximum absolute atomic E-state index is 0. The molecule has 16 valence electrons. The minimum absolute atomic E-state index is 0. The van der Waals surface area contributed by atoms with Crippen molar-refractivity contribution >= 4 is 44.4 Å². The van der Waals surface area contributed by atoms with Crippen molar-refractivity contribution in [3.8, 4) is 0 Å². The first-order valence-electron chi connectivity index (χ1n) is 0. The summed E-state index contributed by atoms with van der Waals surface area (Å²) in [6.45, 7) is 0. The van der Waals surface area contributed by atoms with E-state index in [1.54, 1.807) is 0 Å². The molecule has 0 radical (unpaired) electrons. The predicted molar refractivity (Wildman–Crippen MR) is 20.5 cm³/mol. The summed E-state index contributed by atoms with van der Waals surface area (Å²) in [6.07, 6.45) is 0. The Kier molecular flexibility index (Phi) is 175. The van der Waals surface area contributed by atoms with Gasteiger partial charge >= 0.3 is 43.2 Å². The molecule has 0 aromatic heterocycles. The van der Waals surface area contributed by atoms with Crippen molar-refractivity contribution in [2.45, 2.75) is 0 Å². The van der Waals surface area contributed by atoms with Gasteiger partial charge in [-0.25, -0.2) is 0 Å². The molecule has 0 bridgehead atoms. The van der Waals surface area contributed by atoms with E-state index in [0.29, 0.717) is 0 Å². The van der Waals surface area contributed by atoms with Gasteiger partial charge in [-0.2, -0.15) is 0 Å². The summed E-state index contributed by atoms with van der Waals surface area (Å²) in [5, 5.41) is 0. The molecule has 4 heteroatoms. The smallest absolute Gasteiger partial charge is 2.00 e. The van der Waals surface area contributed by atoms with Crippen LogP contribution in [0, 0.1) is 0 Å². The number of rotatable bonds is 0. The molecule has 0 atom stereocenters. The summed E-state index contributed by atoms with van der Waals surface area (Å²) in [7, 11) is 0. The van der Waals surface area contributed by atoms with Crippen LogP contribution in [-0.4, -0.2) is 17.4 Å². The molecule has 0 saturated heterocycles. The Morgan fingerprint density at radius 1 is 0.750 bits per heavy atom. The second-order valence-corrected chi connectivity index (χ2v) is 0. The molecule has 0 aromatic carbocycles. The molecule has 0 saturated carbocycles. The zero-order chi connectivity index (χ0) is 0. The SMILES string of the molecule is [Al+3].[S-2].[S-2].[Sc+3]. The fraction of sp³-hybridized carbons (Fsp3) is 0. The minimum atomic E-state index is 0. The van der Waals surface area contributed by atoms with Crippen LogP contribution in [0.15, 0.2) is 0 Å². The van der Waals surface area contributed by atoms with Gasteiger partial charge < -0.3 is 27.0 Å². The number of hydrogen-bond acceptors (Lipinski definition) is 0. The Morgan fingerprint density at radius 2 is 0.750 bits per heavy atom. The topological polar surface area (TPSA) is 0 Å². The molecule has 0 rings (SSSR count). The van der Waals surface area contributed by atoms with Gasteiger partial charge in [-0.1, -0.05) is 0 Å². The van der Waals surface area contributed by atoms with Gasteiger partial charge in [0, 0.05) is 0 Å². The van der Waals surface area contributed by atoms with Crippen LogP contribution in [0.2, 0.25) is 0 Å². The first kappa shape index (κ1) is 35.9. The van der Waals surface area contributed by atoms with Gasteiger partial charge in [-0.15, -0.1) is 0 Å². The van der Waals surface area contributed by atoms with Gasteiger partial charge in [0.2, 0.25) is 0 Å². The van der Waals surface area contributed by atoms with Gasteiger partial charge in [0.25, 0.3) is 0 Å². The van der Waals surface area contributed by atoms with E-state index < -0.39 is 0 Å². The Bertz CT molecular complexity index is 6.00. The van der Waals surface area contributed by atoms with Crippen LogP contribution < -0.4 is 0 Å². The van der Waals surface area contributed by atoms with Crippen LogP contribution >= 0.6 is 0 Å². The van der Waals surface area contributed by atoms with Crippen molar-refractivity contribution in [1.29, 1.82) is 0 Å². The summed E-state index contributed by atoms with van der Waals surface area (Å²) in [6, 6.07) is 0. The third-order valence-corrected chi connectivity index (χ3v) is 0. The number of hydrogen-bond donors (Lipinski definition) is 0. The molecule has 0 unspecified atom stereocenters. The third kappa shape index (κ3) is 8.93. The van der Waals surface area contributed by atoms with Crippen molar-refractivity contribution in [3.63, 3.8) is 0 Å². The molecule has 0 aliphatic heterocycles. The van der Waals surface area contributed by atoms with Crippen molar-refractivity contribution in [2.75, 3.05) is 0 Å². The van der Waals surface area contributed by atoms with E-state index in [4.69, 9.17) is 0 Å². The zero-order valence-electron chi connectivity index (χ0n) is 1.97. The minimum Gasteiger partial charge on any atom is -2.00 e. The second kappa shape index (κ2) is 19.4. The summed E-state index contributed by atoms with van der Waals surface area (Å²) in [5.41, 5.74) is 0. The Hall–Kier alpha value is 2.10. The van der Waals surface area contributed by atoms with E-state index >= 15 is 0 Å². The van der Waals surface area contributed by atoms with Gasteiger partial charge in [0.1, 0.15) is 0 Å². The summed E-state index contributed by atoms with van der Waals surface area (Å²) < 4.78 is 0. The molecule has 0 aliphatic carbocycles. The average Bonchev–Trinajstić information content (AvgIpc) is 0. The normalized spacial score (nSPS) is 0. The largest absolute Gasteiger partial charge is 3.00 e. The van der Waals surface area contributed by atoms with E-state index in [1.165, 1.54) is 0 Å². The molecule has 0 aliphatic rings. The molecule has 0 N–H and O–H groups in total. The summed E-state index contributed by atoms with van der Waals surface area (Å²) in [4.78, 5) is 0. The molecule has 0 fully saturated rings. The fourth-order valence-corrected chi connectivity index (χ4v) is 0. The molecular weight excluding hydrogens is 136 g/mol. The maximum atomic E-state index is 0. The zero-order valence-corrected chi connectivity index (χ0v) is 6.56. The van der Waals surface area contributed by atoms with E-state index in [9.17, 15) is 0 Å². The standard InChI is InChI=1S/Al.2S.Sc/q+3;2*-2;+3. The average molecular weight is 136 g/mol. The predicted octanol–water partition coefficient (Wildman–Crippen LogP) is -0.388. The van der Waals surface area contributed by atoms with Gasteiger partial charge in [0.15, 0.2) is 0 Å². The van der Waals surface area contributed by atoms with Crippen molar-refractivity contribution < 1.29 is 25.8 Å². The summed E-state index contributed by atoms with van der Waals surface area (Å²) in [5.74, 6) is 0. The van der Waals surface area contributed by atoms with E-state index in [2.05, 4.69) is 0 Å². The quantitative estimate of drug-likeness (QED) is 0.398. The van der Waals surface area contributed by atoms with Gasteiger partial charge in [-0.3, -0.25) is 0 Å². The van der Waals surface area contributed by atoms with Crippen molar-refractivity contribution in [2.24, 2.45) is 0 Å². The molecule has 0 aromatic rings. The van der Waals surface area contributed by atoms with Gasteiger partial charge in [0.05, 0.1) is 0 Å². The first-order chi connectivity index (χ1) is 0. The second-order valence-electron chi connectivity index (χ2n) is 0. The van der Waals surface area contributed by atoms with Gasteiger partial charge in [-0.05, 0) is 0 Å². The molecule has 0 spiro atoms. The fourth-order valence-electron chi connectivity index (χ4n) is 0. The Labute approximate surface area is 69.5 Å². The maximum Gasteiger partial charge on any atom is 3.00 e. The first-order valence-corrected chi connectivity index (χ1v) is 0. The van der Waals surface area contributed by atoms with Crippen LogP contribution in [0.5, 0.6) is 0 Å². The molecular formula is AlS2Sc+2. The summed E-state index contributed by atoms with van der Waals surface area (Å²) >= 11 is 0. The van der Waals surface area contributed by atoms with Crippen LogP contribution in [0.3, 0.4) is 0 Å². The van der Waals surface area contributed by atoms with Crippen molar-refractivity contribution in [3.05, 3.63) is 0 Å². The molecule has 0 heterocycles. The van der Waals surface area contributed by atoms with E-state index in [0.717, 1.165) is 0 Å². The van der Waals surface area contributed by atoms with Crippen LogP contribution in [0.25, 0.3) is 0 Å². The third-order valence-electron chi connectivity index (χ3n) is 0.